The number of benzene rings is 3. The van der Waals surface area contributed by atoms with Gasteiger partial charge in [0.25, 0.3) is 10.0 Å². The van der Waals surface area contributed by atoms with E-state index >= 15 is 0 Å². The number of rotatable bonds is 6. The van der Waals surface area contributed by atoms with Crippen LogP contribution in [0.2, 0.25) is 10.0 Å². The smallest absolute Gasteiger partial charge is 0.264 e. The van der Waals surface area contributed by atoms with Gasteiger partial charge in [0.2, 0.25) is 5.91 Å². The molecular formula is C26H26Cl2N2O4S. The highest BCUT2D eigenvalue weighted by Crippen LogP contribution is 2.40. The summed E-state index contributed by atoms with van der Waals surface area (Å²) in [6.07, 6.45) is 0.530. The van der Waals surface area contributed by atoms with Gasteiger partial charge in [-0.25, -0.2) is 8.42 Å². The SMILES string of the molecule is Cc1ccc2c(c1)OC(C)(C)CC2NC(=O)CN(c1ccc(Cl)cc1Cl)S(=O)(=O)c1ccccc1. The normalized spacial score (nSPS) is 16.7. The number of nitrogens with zero attached hydrogens (tertiary/aromatic N) is 1. The molecule has 1 heterocycles. The molecule has 1 aliphatic rings. The van der Waals surface area contributed by atoms with Crippen molar-refractivity contribution in [2.75, 3.05) is 10.8 Å². The van der Waals surface area contributed by atoms with Gasteiger partial charge in [-0.15, -0.1) is 0 Å². The van der Waals surface area contributed by atoms with E-state index in [1.165, 1.54) is 30.3 Å². The maximum atomic E-state index is 13.6. The van der Waals surface area contributed by atoms with Crippen molar-refractivity contribution < 1.29 is 17.9 Å². The van der Waals surface area contributed by atoms with Crippen LogP contribution in [0.3, 0.4) is 0 Å². The lowest BCUT2D eigenvalue weighted by Gasteiger charge is -2.38. The molecule has 0 bridgehead atoms. The molecule has 1 aliphatic heterocycles. The summed E-state index contributed by atoms with van der Waals surface area (Å²) < 4.78 is 34.3. The van der Waals surface area contributed by atoms with Crippen molar-refractivity contribution >= 4 is 44.8 Å². The van der Waals surface area contributed by atoms with E-state index in [-0.39, 0.29) is 21.6 Å². The standard InChI is InChI=1S/C26H26Cl2N2O4S/c1-17-9-11-20-22(15-26(2,3)34-24(20)13-17)29-25(31)16-30(23-12-10-18(27)14-21(23)28)35(32,33)19-7-5-4-6-8-19/h4-14,22H,15-16H2,1-3H3,(H,29,31). The molecule has 1 atom stereocenters. The number of sulfonamides is 1. The monoisotopic (exact) mass is 532 g/mol. The molecule has 1 amide bonds. The maximum absolute atomic E-state index is 13.6. The highest BCUT2D eigenvalue weighted by atomic mass is 35.5. The quantitative estimate of drug-likeness (QED) is 0.427. The van der Waals surface area contributed by atoms with E-state index in [0.29, 0.717) is 17.2 Å². The number of amides is 1. The second-order valence-electron chi connectivity index (χ2n) is 9.15. The predicted octanol–water partition coefficient (Wildman–Crippen LogP) is 5.92. The second-order valence-corrected chi connectivity index (χ2v) is 11.9. The molecule has 3 aromatic carbocycles. The molecule has 1 unspecified atom stereocenters. The van der Waals surface area contributed by atoms with E-state index in [0.717, 1.165) is 15.4 Å². The third-order valence-corrected chi connectivity index (χ3v) is 8.07. The summed E-state index contributed by atoms with van der Waals surface area (Å²) in [6.45, 7) is 5.42. The molecule has 0 saturated heterocycles. The lowest BCUT2D eigenvalue weighted by atomic mass is 9.89. The molecule has 1 N–H and O–H groups in total. The lowest BCUT2D eigenvalue weighted by Crippen LogP contribution is -2.45. The van der Waals surface area contributed by atoms with Gasteiger partial charge in [0.1, 0.15) is 17.9 Å². The van der Waals surface area contributed by atoms with Crippen molar-refractivity contribution in [3.05, 3.63) is 87.9 Å². The molecule has 0 fully saturated rings. The summed E-state index contributed by atoms with van der Waals surface area (Å²) in [4.78, 5) is 13.4. The Balaban J connectivity index is 1.67. The number of hydrogen-bond donors (Lipinski definition) is 1. The van der Waals surface area contributed by atoms with Crippen LogP contribution in [0.5, 0.6) is 5.75 Å². The first-order valence-electron chi connectivity index (χ1n) is 11.1. The van der Waals surface area contributed by atoms with Crippen molar-refractivity contribution in [3.63, 3.8) is 0 Å². The number of ether oxygens (including phenoxy) is 1. The molecule has 184 valence electrons. The highest BCUT2D eigenvalue weighted by molar-refractivity contribution is 7.92. The first kappa shape index (κ1) is 25.4. The zero-order chi connectivity index (χ0) is 25.4. The van der Waals surface area contributed by atoms with Crippen LogP contribution < -0.4 is 14.4 Å². The summed E-state index contributed by atoms with van der Waals surface area (Å²) in [6, 6.07) is 17.9. The third kappa shape index (κ3) is 5.58. The van der Waals surface area contributed by atoms with Crippen LogP contribution in [0.15, 0.2) is 71.6 Å². The molecule has 0 aromatic heterocycles. The van der Waals surface area contributed by atoms with Gasteiger partial charge in [-0.1, -0.05) is 53.5 Å². The summed E-state index contributed by atoms with van der Waals surface area (Å²) in [5.74, 6) is 0.241. The number of nitrogens with one attached hydrogen (secondary N) is 1. The second kappa shape index (κ2) is 9.72. The Kier molecular flexibility index (Phi) is 7.04. The first-order valence-corrected chi connectivity index (χ1v) is 13.3. The molecule has 3 aromatic rings. The van der Waals surface area contributed by atoms with Crippen LogP contribution in [0, 0.1) is 6.92 Å². The molecule has 9 heteroatoms. The third-order valence-electron chi connectivity index (χ3n) is 5.76. The van der Waals surface area contributed by atoms with Gasteiger partial charge in [0.15, 0.2) is 0 Å². The number of anilines is 1. The Labute approximate surface area is 215 Å². The largest absolute Gasteiger partial charge is 0.487 e. The van der Waals surface area contributed by atoms with Gasteiger partial charge < -0.3 is 10.1 Å². The van der Waals surface area contributed by atoms with Gasteiger partial charge in [-0.2, -0.15) is 0 Å². The van der Waals surface area contributed by atoms with E-state index in [2.05, 4.69) is 5.32 Å². The molecular weight excluding hydrogens is 507 g/mol. The predicted molar refractivity (Wildman–Crippen MR) is 139 cm³/mol. The van der Waals surface area contributed by atoms with E-state index in [9.17, 15) is 13.2 Å². The van der Waals surface area contributed by atoms with Crippen molar-refractivity contribution in [1.82, 2.24) is 5.32 Å². The van der Waals surface area contributed by atoms with Crippen LogP contribution in [-0.4, -0.2) is 26.5 Å². The number of halogens is 2. The van der Waals surface area contributed by atoms with E-state index < -0.39 is 28.1 Å². The molecule has 35 heavy (non-hydrogen) atoms. The summed E-state index contributed by atoms with van der Waals surface area (Å²) in [7, 11) is -4.09. The molecule has 0 spiro atoms. The number of carbonyl (C=O) groups excluding carboxylic acids is 1. The van der Waals surface area contributed by atoms with Crippen molar-refractivity contribution in [2.24, 2.45) is 0 Å². The highest BCUT2D eigenvalue weighted by Gasteiger charge is 2.36. The van der Waals surface area contributed by atoms with Crippen LogP contribution in [0.25, 0.3) is 0 Å². The summed E-state index contributed by atoms with van der Waals surface area (Å²) >= 11 is 12.4. The minimum absolute atomic E-state index is 0.0480. The van der Waals surface area contributed by atoms with Gasteiger partial charge in [0, 0.05) is 17.0 Å². The van der Waals surface area contributed by atoms with Gasteiger partial charge in [-0.3, -0.25) is 9.10 Å². The van der Waals surface area contributed by atoms with Gasteiger partial charge in [0.05, 0.1) is 21.6 Å². The summed E-state index contributed by atoms with van der Waals surface area (Å²) in [5.41, 5.74) is 1.56. The average molecular weight is 533 g/mol. The molecule has 0 radical (unpaired) electrons. The summed E-state index contributed by atoms with van der Waals surface area (Å²) in [5, 5.41) is 3.49. The first-order chi connectivity index (χ1) is 16.5. The molecule has 0 saturated carbocycles. The van der Waals surface area contributed by atoms with Crippen molar-refractivity contribution in [1.29, 1.82) is 0 Å². The average Bonchev–Trinajstić information content (AvgIpc) is 2.77. The number of aryl methyl sites for hydroxylation is 1. The minimum Gasteiger partial charge on any atom is -0.487 e. The molecule has 0 aliphatic carbocycles. The minimum atomic E-state index is -4.09. The van der Waals surface area contributed by atoms with E-state index in [1.807, 2.05) is 39.0 Å². The fourth-order valence-corrected chi connectivity index (χ4v) is 6.18. The Morgan fingerprint density at radius 1 is 1.09 bits per heavy atom. The molecule has 6 nitrogen and oxygen atoms in total. The fourth-order valence-electron chi connectivity index (χ4n) is 4.16. The van der Waals surface area contributed by atoms with Crippen LogP contribution in [0.4, 0.5) is 5.69 Å². The Morgan fingerprint density at radius 2 is 1.80 bits per heavy atom. The Morgan fingerprint density at radius 3 is 2.49 bits per heavy atom. The van der Waals surface area contributed by atoms with Gasteiger partial charge >= 0.3 is 0 Å². The fraction of sp³-hybridized carbons (Fsp3) is 0.269. The van der Waals surface area contributed by atoms with Crippen LogP contribution in [-0.2, 0) is 14.8 Å². The zero-order valence-corrected chi connectivity index (χ0v) is 21.9. The van der Waals surface area contributed by atoms with Crippen molar-refractivity contribution in [2.45, 2.75) is 43.7 Å². The van der Waals surface area contributed by atoms with Crippen LogP contribution in [0.1, 0.15) is 37.4 Å². The van der Waals surface area contributed by atoms with Gasteiger partial charge in [-0.05, 0) is 62.7 Å². The number of fused-ring (bicyclic) bond motifs is 1. The zero-order valence-electron chi connectivity index (χ0n) is 19.6. The topological polar surface area (TPSA) is 75.7 Å². The van der Waals surface area contributed by atoms with E-state index in [1.54, 1.807) is 18.2 Å². The maximum Gasteiger partial charge on any atom is 0.264 e. The Hall–Kier alpha value is -2.74. The molecule has 4 rings (SSSR count). The number of carbonyl (C=O) groups is 1. The van der Waals surface area contributed by atoms with Crippen molar-refractivity contribution in [3.8, 4) is 5.75 Å². The van der Waals surface area contributed by atoms with Crippen LogP contribution >= 0.6 is 23.2 Å². The Bertz CT molecular complexity index is 1360. The lowest BCUT2D eigenvalue weighted by molar-refractivity contribution is -0.120. The van der Waals surface area contributed by atoms with E-state index in [4.69, 9.17) is 27.9 Å². The number of hydrogen-bond acceptors (Lipinski definition) is 4.